The minimum absolute atomic E-state index is 0.127. The van der Waals surface area contributed by atoms with Crippen molar-refractivity contribution in [2.45, 2.75) is 19.8 Å². The summed E-state index contributed by atoms with van der Waals surface area (Å²) < 4.78 is 4.91. The molecule has 3 rings (SSSR count). The molecule has 0 aliphatic heterocycles. The van der Waals surface area contributed by atoms with E-state index < -0.39 is 5.97 Å². The monoisotopic (exact) mass is 295 g/mol. The summed E-state index contributed by atoms with van der Waals surface area (Å²) in [4.78, 5) is 15.8. The molecule has 0 radical (unpaired) electrons. The summed E-state index contributed by atoms with van der Waals surface area (Å²) in [6.45, 7) is 2.07. The summed E-state index contributed by atoms with van der Waals surface area (Å²) in [5.41, 5.74) is 3.33. The summed E-state index contributed by atoms with van der Waals surface area (Å²) in [6.07, 6.45) is 8.46. The van der Waals surface area contributed by atoms with Crippen LogP contribution >= 0.6 is 0 Å². The molecular formula is C17H17N3O2. The number of nitrogens with zero attached hydrogens (tertiary/aromatic N) is 2. The summed E-state index contributed by atoms with van der Waals surface area (Å²) in [5, 5.41) is 6.73. The maximum Gasteiger partial charge on any atom is 0.375 e. The Morgan fingerprint density at radius 3 is 3.00 bits per heavy atom. The van der Waals surface area contributed by atoms with Crippen molar-refractivity contribution in [1.82, 2.24) is 15.2 Å². The number of aromatic amines is 1. The molecule has 22 heavy (non-hydrogen) atoms. The Hall–Kier alpha value is -2.69. The SMILES string of the molecule is CCOC(=O)c1nc(-c2cccc(C3=CC=CCC3)c2)n[nH]1. The Morgan fingerprint density at radius 2 is 2.23 bits per heavy atom. The number of ether oxygens (including phenoxy) is 1. The van der Waals surface area contributed by atoms with Gasteiger partial charge in [0.25, 0.3) is 0 Å². The maximum atomic E-state index is 11.6. The molecule has 1 aromatic heterocycles. The minimum Gasteiger partial charge on any atom is -0.460 e. The quantitative estimate of drug-likeness (QED) is 0.878. The molecule has 0 atom stereocenters. The highest BCUT2D eigenvalue weighted by atomic mass is 16.5. The fourth-order valence-corrected chi connectivity index (χ4v) is 2.38. The smallest absolute Gasteiger partial charge is 0.375 e. The highest BCUT2D eigenvalue weighted by molar-refractivity contribution is 5.85. The molecule has 112 valence electrons. The van der Waals surface area contributed by atoms with E-state index >= 15 is 0 Å². The second-order valence-corrected chi connectivity index (χ2v) is 4.97. The van der Waals surface area contributed by atoms with Crippen LogP contribution in [0.5, 0.6) is 0 Å². The van der Waals surface area contributed by atoms with E-state index in [1.807, 2.05) is 18.2 Å². The number of carbonyl (C=O) groups excluding carboxylic acids is 1. The van der Waals surface area contributed by atoms with Gasteiger partial charge in [-0.2, -0.15) is 5.10 Å². The standard InChI is InChI=1S/C17H17N3O2/c1-2-22-17(21)16-18-15(19-20-16)14-10-6-9-13(11-14)12-7-4-3-5-8-12/h3-4,6-7,9-11H,2,5,8H2,1H3,(H,18,19,20). The van der Waals surface area contributed by atoms with E-state index in [0.29, 0.717) is 12.4 Å². The Bertz CT molecular complexity index is 744. The lowest BCUT2D eigenvalue weighted by Crippen LogP contribution is -2.06. The molecule has 2 aromatic rings. The predicted octanol–water partition coefficient (Wildman–Crippen LogP) is 3.38. The van der Waals surface area contributed by atoms with Crippen LogP contribution in [0.1, 0.15) is 35.9 Å². The number of aromatic nitrogens is 3. The van der Waals surface area contributed by atoms with Gasteiger partial charge in [-0.15, -0.1) is 0 Å². The molecule has 1 heterocycles. The Kier molecular flexibility index (Phi) is 4.14. The fourth-order valence-electron chi connectivity index (χ4n) is 2.38. The fraction of sp³-hybridized carbons (Fsp3) is 0.235. The van der Waals surface area contributed by atoms with Gasteiger partial charge < -0.3 is 4.74 Å². The van der Waals surface area contributed by atoms with E-state index in [0.717, 1.165) is 24.0 Å². The number of benzene rings is 1. The van der Waals surface area contributed by atoms with Crippen LogP contribution in [0.2, 0.25) is 0 Å². The first kappa shape index (κ1) is 14.3. The Balaban J connectivity index is 1.88. The first-order valence-electron chi connectivity index (χ1n) is 7.34. The highest BCUT2D eigenvalue weighted by Crippen LogP contribution is 2.26. The lowest BCUT2D eigenvalue weighted by molar-refractivity contribution is 0.0512. The number of rotatable bonds is 4. The molecule has 5 nitrogen and oxygen atoms in total. The van der Waals surface area contributed by atoms with Crippen LogP contribution in [0.25, 0.3) is 17.0 Å². The lowest BCUT2D eigenvalue weighted by atomic mass is 9.96. The third kappa shape index (κ3) is 2.98. The molecule has 0 saturated carbocycles. The van der Waals surface area contributed by atoms with Gasteiger partial charge in [-0.1, -0.05) is 36.4 Å². The molecule has 1 aliphatic rings. The van der Waals surface area contributed by atoms with Crippen LogP contribution in [0.4, 0.5) is 0 Å². The van der Waals surface area contributed by atoms with E-state index in [-0.39, 0.29) is 5.82 Å². The van der Waals surface area contributed by atoms with Crippen LogP contribution in [0.3, 0.4) is 0 Å². The average Bonchev–Trinajstić information content (AvgIpc) is 3.06. The first-order chi connectivity index (χ1) is 10.8. The number of hydrogen-bond acceptors (Lipinski definition) is 4. The summed E-state index contributed by atoms with van der Waals surface area (Å²) in [5.74, 6) is 0.136. The van der Waals surface area contributed by atoms with Gasteiger partial charge >= 0.3 is 5.97 Å². The third-order valence-corrected chi connectivity index (χ3v) is 3.46. The molecule has 0 amide bonds. The van der Waals surface area contributed by atoms with Crippen molar-refractivity contribution in [2.75, 3.05) is 6.61 Å². The Labute approximate surface area is 128 Å². The molecule has 0 saturated heterocycles. The molecule has 0 spiro atoms. The summed E-state index contributed by atoms with van der Waals surface area (Å²) in [7, 11) is 0. The van der Waals surface area contributed by atoms with Crippen LogP contribution in [0, 0.1) is 0 Å². The predicted molar refractivity (Wildman–Crippen MR) is 84.1 cm³/mol. The summed E-state index contributed by atoms with van der Waals surface area (Å²) >= 11 is 0. The highest BCUT2D eigenvalue weighted by Gasteiger charge is 2.14. The molecule has 1 aliphatic carbocycles. The van der Waals surface area contributed by atoms with E-state index in [1.165, 1.54) is 5.57 Å². The molecule has 1 aromatic carbocycles. The van der Waals surface area contributed by atoms with Crippen molar-refractivity contribution in [3.63, 3.8) is 0 Å². The molecule has 1 N–H and O–H groups in total. The maximum absolute atomic E-state index is 11.6. The van der Waals surface area contributed by atoms with Crippen LogP contribution in [0.15, 0.2) is 42.5 Å². The van der Waals surface area contributed by atoms with Gasteiger partial charge in [0.15, 0.2) is 5.82 Å². The molecule has 5 heteroatoms. The van der Waals surface area contributed by atoms with Crippen molar-refractivity contribution in [3.05, 3.63) is 53.9 Å². The van der Waals surface area contributed by atoms with Crippen molar-refractivity contribution in [3.8, 4) is 11.4 Å². The minimum atomic E-state index is -0.488. The van der Waals surface area contributed by atoms with Gasteiger partial charge in [0.1, 0.15) is 0 Å². The van der Waals surface area contributed by atoms with Gasteiger partial charge in [0.05, 0.1) is 6.61 Å². The van der Waals surface area contributed by atoms with E-state index in [4.69, 9.17) is 4.74 Å². The average molecular weight is 295 g/mol. The van der Waals surface area contributed by atoms with Crippen LogP contribution in [-0.4, -0.2) is 27.8 Å². The number of H-pyrrole nitrogens is 1. The number of hydrogen-bond donors (Lipinski definition) is 1. The topological polar surface area (TPSA) is 67.9 Å². The second-order valence-electron chi connectivity index (χ2n) is 4.97. The van der Waals surface area contributed by atoms with Gasteiger partial charge in [-0.3, -0.25) is 5.10 Å². The zero-order valence-electron chi connectivity index (χ0n) is 12.4. The van der Waals surface area contributed by atoms with Crippen LogP contribution < -0.4 is 0 Å². The molecule has 0 unspecified atom stereocenters. The van der Waals surface area contributed by atoms with Gasteiger partial charge in [0.2, 0.25) is 5.82 Å². The number of carbonyl (C=O) groups is 1. The zero-order valence-corrected chi connectivity index (χ0v) is 12.4. The number of nitrogens with one attached hydrogen (secondary N) is 1. The van der Waals surface area contributed by atoms with E-state index in [9.17, 15) is 4.79 Å². The molecule has 0 bridgehead atoms. The normalized spacial score (nSPS) is 13.8. The van der Waals surface area contributed by atoms with Gasteiger partial charge in [0, 0.05) is 5.56 Å². The Morgan fingerprint density at radius 1 is 1.36 bits per heavy atom. The van der Waals surface area contributed by atoms with Crippen molar-refractivity contribution >= 4 is 11.5 Å². The summed E-state index contributed by atoms with van der Waals surface area (Å²) in [6, 6.07) is 8.03. The second kappa shape index (κ2) is 6.39. The van der Waals surface area contributed by atoms with Crippen molar-refractivity contribution in [2.24, 2.45) is 0 Å². The van der Waals surface area contributed by atoms with Crippen molar-refractivity contribution < 1.29 is 9.53 Å². The van der Waals surface area contributed by atoms with Crippen LogP contribution in [-0.2, 0) is 4.74 Å². The third-order valence-electron chi connectivity index (χ3n) is 3.46. The number of allylic oxidation sites excluding steroid dienone is 4. The van der Waals surface area contributed by atoms with E-state index in [2.05, 4.69) is 39.5 Å². The number of esters is 1. The molecular weight excluding hydrogens is 278 g/mol. The first-order valence-corrected chi connectivity index (χ1v) is 7.34. The van der Waals surface area contributed by atoms with Crippen molar-refractivity contribution in [1.29, 1.82) is 0 Å². The van der Waals surface area contributed by atoms with E-state index in [1.54, 1.807) is 6.92 Å². The largest absolute Gasteiger partial charge is 0.460 e. The molecule has 0 fully saturated rings. The van der Waals surface area contributed by atoms with Gasteiger partial charge in [-0.05, 0) is 37.0 Å². The van der Waals surface area contributed by atoms with Gasteiger partial charge in [-0.25, -0.2) is 9.78 Å². The lowest BCUT2D eigenvalue weighted by Gasteiger charge is -2.09. The zero-order chi connectivity index (χ0) is 15.4.